The molecule has 0 saturated heterocycles. The van der Waals surface area contributed by atoms with Crippen molar-refractivity contribution in [2.24, 2.45) is 35.5 Å². The molecule has 6 nitrogen and oxygen atoms in total. The number of benzene rings is 1. The zero-order valence-electron chi connectivity index (χ0n) is 29.5. The van der Waals surface area contributed by atoms with Crippen LogP contribution in [0.3, 0.4) is 0 Å². The molecule has 2 unspecified atom stereocenters. The fourth-order valence-corrected chi connectivity index (χ4v) is 9.68. The van der Waals surface area contributed by atoms with Crippen molar-refractivity contribution in [1.82, 2.24) is 0 Å². The van der Waals surface area contributed by atoms with Crippen molar-refractivity contribution < 1.29 is 29.2 Å². The first kappa shape index (κ1) is 36.6. The van der Waals surface area contributed by atoms with Gasteiger partial charge >= 0.3 is 0 Å². The van der Waals surface area contributed by atoms with E-state index in [0.717, 1.165) is 62.7 Å². The Bertz CT molecular complexity index is 1080. The minimum Gasteiger partial charge on any atom is -0.497 e. The molecule has 0 amide bonds. The molecule has 3 aliphatic rings. The number of fused-ring (bicyclic) bond motifs is 3. The summed E-state index contributed by atoms with van der Waals surface area (Å²) in [6.07, 6.45) is 11.9. The highest BCUT2D eigenvalue weighted by molar-refractivity contribution is 6.74. The maximum Gasteiger partial charge on any atom is 0.192 e. The lowest BCUT2D eigenvalue weighted by Gasteiger charge is -2.38. The minimum atomic E-state index is -1.86. The summed E-state index contributed by atoms with van der Waals surface area (Å²) in [6, 6.07) is 8.01. The third-order valence-electron chi connectivity index (χ3n) is 12.1. The molecule has 0 aromatic heterocycles. The van der Waals surface area contributed by atoms with Gasteiger partial charge in [-0.15, -0.1) is 0 Å². The fourth-order valence-electron chi connectivity index (χ4n) is 8.30. The number of unbranched alkanes of at least 4 members (excludes halogenated alkanes) is 1. The first-order valence-corrected chi connectivity index (χ1v) is 20.7. The summed E-state index contributed by atoms with van der Waals surface area (Å²) in [4.78, 5) is 0. The number of aliphatic hydroxyl groups is 3. The van der Waals surface area contributed by atoms with Crippen molar-refractivity contribution in [3.8, 4) is 5.75 Å². The monoisotopic (exact) mass is 644 g/mol. The topological polar surface area (TPSA) is 88.4 Å². The fraction of sp³-hybridized carbons (Fsp3) is 0.789. The molecule has 0 bridgehead atoms. The second-order valence-corrected chi connectivity index (χ2v) is 21.0. The Labute approximate surface area is 275 Å². The molecular formula is C38H64O6Si. The van der Waals surface area contributed by atoms with Crippen LogP contribution >= 0.6 is 0 Å². The Balaban J connectivity index is 1.45. The summed E-state index contributed by atoms with van der Waals surface area (Å²) in [5, 5.41) is 33.7. The normalized spacial score (nSPS) is 30.9. The average Bonchev–Trinajstić information content (AvgIpc) is 3.57. The number of allylic oxidation sites excluding steroid dienone is 2. The van der Waals surface area contributed by atoms with Gasteiger partial charge in [-0.2, -0.15) is 0 Å². The molecule has 0 radical (unpaired) electrons. The maximum absolute atomic E-state index is 11.9. The number of hydrogen-bond acceptors (Lipinski definition) is 6. The highest BCUT2D eigenvalue weighted by Gasteiger charge is 2.55. The minimum absolute atomic E-state index is 0.0181. The molecule has 4 rings (SSSR count). The molecule has 1 aromatic carbocycles. The SMILES string of the molecule is CC[C@H](O)CCCCC(C)(O)C(O)[C@@H]1C[C@@H]2[C@@H](C=C[C@@H]3C[C@@H](O[Si](C)(C)C(C)(C)C)C[C@@H]23)[C@@H]1CCOCc1ccc(OC)cc1. The number of rotatable bonds is 16. The van der Waals surface area contributed by atoms with E-state index in [4.69, 9.17) is 13.9 Å². The Morgan fingerprint density at radius 3 is 2.31 bits per heavy atom. The van der Waals surface area contributed by atoms with Gasteiger partial charge in [-0.05, 0) is 123 Å². The van der Waals surface area contributed by atoms with Crippen LogP contribution in [0.5, 0.6) is 5.75 Å². The van der Waals surface area contributed by atoms with Gasteiger partial charge in [0.25, 0.3) is 0 Å². The standard InChI is InChI=1S/C38H64O6Si/c1-9-28(39)12-10-11-20-38(5,41)36(40)35-24-34-31(32(35)19-21-43-25-26-13-16-29(42-6)17-14-26)18-15-27-22-30(23-33(27)34)44-45(7,8)37(2,3)4/h13-18,27-28,30-36,39-41H,9-12,19-25H2,1-8H3/t27-,28+,30-,31+,32+,33-,34-,35-,36?,38?/m1/s1. The van der Waals surface area contributed by atoms with Crippen LogP contribution in [0.15, 0.2) is 36.4 Å². The van der Waals surface area contributed by atoms with Gasteiger partial charge in [-0.25, -0.2) is 0 Å². The Hall–Kier alpha value is -1.22. The third-order valence-corrected chi connectivity index (χ3v) is 16.6. The van der Waals surface area contributed by atoms with Gasteiger partial charge < -0.3 is 29.2 Å². The molecule has 0 heterocycles. The number of methoxy groups -OCH3 is 1. The molecule has 3 aliphatic carbocycles. The molecule has 1 aromatic rings. The molecule has 2 fully saturated rings. The van der Waals surface area contributed by atoms with Gasteiger partial charge in [0.1, 0.15) is 5.75 Å². The zero-order chi connectivity index (χ0) is 33.0. The first-order valence-electron chi connectivity index (χ1n) is 17.8. The molecule has 0 aliphatic heterocycles. The molecule has 10 atom stereocenters. The summed E-state index contributed by atoms with van der Waals surface area (Å²) in [7, 11) is -0.180. The molecule has 0 spiro atoms. The van der Waals surface area contributed by atoms with E-state index in [1.807, 2.05) is 38.1 Å². The number of aliphatic hydroxyl groups excluding tert-OH is 2. The van der Waals surface area contributed by atoms with Crippen molar-refractivity contribution in [2.45, 2.75) is 141 Å². The summed E-state index contributed by atoms with van der Waals surface area (Å²) >= 11 is 0. The second kappa shape index (κ2) is 15.3. The van der Waals surface area contributed by atoms with Crippen molar-refractivity contribution in [2.75, 3.05) is 13.7 Å². The van der Waals surface area contributed by atoms with E-state index in [1.165, 1.54) is 0 Å². The predicted molar refractivity (Wildman–Crippen MR) is 185 cm³/mol. The van der Waals surface area contributed by atoms with E-state index in [0.29, 0.717) is 49.4 Å². The Morgan fingerprint density at radius 1 is 0.956 bits per heavy atom. The van der Waals surface area contributed by atoms with E-state index in [9.17, 15) is 15.3 Å². The summed E-state index contributed by atoms with van der Waals surface area (Å²) in [6.45, 7) is 16.7. The van der Waals surface area contributed by atoms with Crippen LogP contribution in [0, 0.1) is 35.5 Å². The highest BCUT2D eigenvalue weighted by Crippen LogP contribution is 2.58. The Kier molecular flexibility index (Phi) is 12.5. The lowest BCUT2D eigenvalue weighted by molar-refractivity contribution is -0.105. The molecule has 2 saturated carbocycles. The second-order valence-electron chi connectivity index (χ2n) is 16.3. The van der Waals surface area contributed by atoms with Crippen LogP contribution < -0.4 is 4.74 Å². The first-order chi connectivity index (χ1) is 21.2. The summed E-state index contributed by atoms with van der Waals surface area (Å²) in [5.74, 6) is 3.10. The van der Waals surface area contributed by atoms with Crippen molar-refractivity contribution in [3.05, 3.63) is 42.0 Å². The van der Waals surface area contributed by atoms with Crippen LogP contribution in [0.2, 0.25) is 18.1 Å². The summed E-state index contributed by atoms with van der Waals surface area (Å²) < 4.78 is 18.4. The third kappa shape index (κ3) is 9.02. The molecule has 3 N–H and O–H groups in total. The van der Waals surface area contributed by atoms with Crippen LogP contribution in [-0.2, 0) is 15.8 Å². The molecule has 256 valence electrons. The van der Waals surface area contributed by atoms with E-state index in [2.05, 4.69) is 46.0 Å². The van der Waals surface area contributed by atoms with Crippen molar-refractivity contribution >= 4 is 8.32 Å². The Morgan fingerprint density at radius 2 is 1.67 bits per heavy atom. The molecular weight excluding hydrogens is 580 g/mol. The largest absolute Gasteiger partial charge is 0.497 e. The lowest BCUT2D eigenvalue weighted by Crippen LogP contribution is -2.45. The van der Waals surface area contributed by atoms with E-state index < -0.39 is 20.0 Å². The van der Waals surface area contributed by atoms with Crippen LogP contribution in [-0.4, -0.2) is 61.3 Å². The van der Waals surface area contributed by atoms with Gasteiger partial charge in [-0.3, -0.25) is 0 Å². The van der Waals surface area contributed by atoms with Crippen LogP contribution in [0.1, 0.15) is 98.0 Å². The number of hydrogen-bond donors (Lipinski definition) is 3. The summed E-state index contributed by atoms with van der Waals surface area (Å²) in [5.41, 5.74) is -0.0449. The smallest absolute Gasteiger partial charge is 0.192 e. The van der Waals surface area contributed by atoms with E-state index in [-0.39, 0.29) is 23.0 Å². The van der Waals surface area contributed by atoms with Gasteiger partial charge in [0.2, 0.25) is 0 Å². The predicted octanol–water partition coefficient (Wildman–Crippen LogP) is 7.90. The molecule has 45 heavy (non-hydrogen) atoms. The zero-order valence-corrected chi connectivity index (χ0v) is 30.5. The maximum atomic E-state index is 11.9. The van der Waals surface area contributed by atoms with Crippen LogP contribution in [0.25, 0.3) is 0 Å². The van der Waals surface area contributed by atoms with Crippen molar-refractivity contribution in [1.29, 1.82) is 0 Å². The van der Waals surface area contributed by atoms with Gasteiger partial charge in [-0.1, -0.05) is 64.8 Å². The lowest BCUT2D eigenvalue weighted by atomic mass is 9.71. The van der Waals surface area contributed by atoms with Crippen molar-refractivity contribution in [3.63, 3.8) is 0 Å². The molecule has 7 heteroatoms. The quantitative estimate of drug-likeness (QED) is 0.0964. The van der Waals surface area contributed by atoms with E-state index in [1.54, 1.807) is 7.11 Å². The van der Waals surface area contributed by atoms with Crippen LogP contribution in [0.4, 0.5) is 0 Å². The highest BCUT2D eigenvalue weighted by atomic mass is 28.4. The number of ether oxygens (including phenoxy) is 2. The van der Waals surface area contributed by atoms with Gasteiger partial charge in [0, 0.05) is 12.7 Å². The average molecular weight is 645 g/mol. The van der Waals surface area contributed by atoms with Gasteiger partial charge in [0.05, 0.1) is 31.5 Å². The van der Waals surface area contributed by atoms with E-state index >= 15 is 0 Å². The van der Waals surface area contributed by atoms with Gasteiger partial charge in [0.15, 0.2) is 8.32 Å².